The van der Waals surface area contributed by atoms with Crippen LogP contribution >= 0.6 is 11.8 Å². The summed E-state index contributed by atoms with van der Waals surface area (Å²) in [5.74, 6) is -4.04. The predicted octanol–water partition coefficient (Wildman–Crippen LogP) is 2.13. The lowest BCUT2D eigenvalue weighted by Gasteiger charge is -2.28. The van der Waals surface area contributed by atoms with Gasteiger partial charge < -0.3 is 10.4 Å². The lowest BCUT2D eigenvalue weighted by molar-refractivity contribution is -0.143. The topological polar surface area (TPSA) is 66.4 Å². The summed E-state index contributed by atoms with van der Waals surface area (Å²) in [6.07, 6.45) is 1.83. The minimum atomic E-state index is -2.68. The second-order valence-corrected chi connectivity index (χ2v) is 5.80. The van der Waals surface area contributed by atoms with Crippen molar-refractivity contribution in [1.82, 2.24) is 5.32 Å². The first-order valence-electron chi connectivity index (χ1n) is 6.25. The third-order valence-corrected chi connectivity index (χ3v) is 3.96. The van der Waals surface area contributed by atoms with Gasteiger partial charge in [-0.2, -0.15) is 11.8 Å². The molecule has 0 spiro atoms. The molecule has 0 aliphatic heterocycles. The summed E-state index contributed by atoms with van der Waals surface area (Å²) in [5.41, 5.74) is 0. The van der Waals surface area contributed by atoms with Crippen molar-refractivity contribution in [3.8, 4) is 0 Å². The summed E-state index contributed by atoms with van der Waals surface area (Å²) < 4.78 is 25.9. The van der Waals surface area contributed by atoms with Crippen molar-refractivity contribution in [3.63, 3.8) is 0 Å². The highest BCUT2D eigenvalue weighted by Crippen LogP contribution is 2.36. The second kappa shape index (κ2) is 7.07. The number of alkyl halides is 2. The first kappa shape index (κ1) is 16.2. The predicted molar refractivity (Wildman–Crippen MR) is 69.5 cm³/mol. The molecule has 2 N–H and O–H groups in total. The van der Waals surface area contributed by atoms with Crippen LogP contribution < -0.4 is 5.32 Å². The molecule has 0 heterocycles. The van der Waals surface area contributed by atoms with Crippen molar-refractivity contribution in [3.05, 3.63) is 0 Å². The smallest absolute Gasteiger partial charge is 0.326 e. The zero-order chi connectivity index (χ0) is 14.5. The summed E-state index contributed by atoms with van der Waals surface area (Å²) in [4.78, 5) is 22.8. The number of carboxylic acids is 1. The van der Waals surface area contributed by atoms with Gasteiger partial charge in [-0.05, 0) is 31.3 Å². The molecule has 1 aliphatic carbocycles. The second-order valence-electron chi connectivity index (χ2n) is 4.81. The van der Waals surface area contributed by atoms with E-state index in [-0.39, 0.29) is 25.7 Å². The van der Waals surface area contributed by atoms with Crippen molar-refractivity contribution in [2.75, 3.05) is 12.0 Å². The Balaban J connectivity index is 2.46. The minimum absolute atomic E-state index is 0.119. The molecule has 1 unspecified atom stereocenters. The van der Waals surface area contributed by atoms with Crippen molar-refractivity contribution >= 4 is 23.6 Å². The van der Waals surface area contributed by atoms with Crippen LogP contribution in [0.15, 0.2) is 0 Å². The van der Waals surface area contributed by atoms with Crippen molar-refractivity contribution in [2.24, 2.45) is 5.92 Å². The molecule has 7 heteroatoms. The fraction of sp³-hybridized carbons (Fsp3) is 0.833. The van der Waals surface area contributed by atoms with Crippen LogP contribution in [0.5, 0.6) is 0 Å². The average Bonchev–Trinajstić information content (AvgIpc) is 2.33. The van der Waals surface area contributed by atoms with E-state index in [1.807, 2.05) is 6.26 Å². The van der Waals surface area contributed by atoms with Gasteiger partial charge in [0.2, 0.25) is 11.8 Å². The maximum absolute atomic E-state index is 13.0. The Morgan fingerprint density at radius 3 is 2.47 bits per heavy atom. The minimum Gasteiger partial charge on any atom is -0.480 e. The monoisotopic (exact) mass is 295 g/mol. The largest absolute Gasteiger partial charge is 0.480 e. The molecule has 0 aromatic heterocycles. The van der Waals surface area contributed by atoms with Crippen LogP contribution in [0.3, 0.4) is 0 Å². The molecule has 1 aliphatic rings. The van der Waals surface area contributed by atoms with Crippen LogP contribution in [-0.4, -0.2) is 41.0 Å². The van der Waals surface area contributed by atoms with Gasteiger partial charge in [0.05, 0.1) is 0 Å². The van der Waals surface area contributed by atoms with Crippen molar-refractivity contribution in [2.45, 2.75) is 44.1 Å². The van der Waals surface area contributed by atoms with Gasteiger partial charge in [0, 0.05) is 18.8 Å². The van der Waals surface area contributed by atoms with E-state index in [9.17, 15) is 18.4 Å². The van der Waals surface area contributed by atoms with Gasteiger partial charge in [-0.25, -0.2) is 13.6 Å². The van der Waals surface area contributed by atoms with Gasteiger partial charge in [0.15, 0.2) is 0 Å². The Kier molecular flexibility index (Phi) is 6.03. The summed E-state index contributed by atoms with van der Waals surface area (Å²) in [6, 6.07) is -0.928. The molecule has 0 radical (unpaired) electrons. The molecular formula is C12H19F2NO3S. The van der Waals surface area contributed by atoms with E-state index in [0.717, 1.165) is 0 Å². The first-order valence-corrected chi connectivity index (χ1v) is 7.65. The van der Waals surface area contributed by atoms with Crippen LogP contribution in [0.1, 0.15) is 32.1 Å². The quantitative estimate of drug-likeness (QED) is 0.788. The fourth-order valence-electron chi connectivity index (χ4n) is 2.08. The number of amides is 1. The SMILES string of the molecule is CSCCC(NC(=O)C1CCC(F)(F)CC1)C(=O)O. The lowest BCUT2D eigenvalue weighted by atomic mass is 9.86. The number of aliphatic carboxylic acids is 1. The Hall–Kier alpha value is -0.850. The van der Waals surface area contributed by atoms with Crippen LogP contribution in [0.4, 0.5) is 8.78 Å². The molecule has 1 saturated carbocycles. The number of rotatable bonds is 6. The number of thioether (sulfide) groups is 1. The molecular weight excluding hydrogens is 276 g/mol. The average molecular weight is 295 g/mol. The molecule has 1 amide bonds. The van der Waals surface area contributed by atoms with E-state index in [4.69, 9.17) is 5.11 Å². The molecule has 0 aromatic rings. The van der Waals surface area contributed by atoms with E-state index >= 15 is 0 Å². The van der Waals surface area contributed by atoms with Gasteiger partial charge in [0.25, 0.3) is 0 Å². The lowest BCUT2D eigenvalue weighted by Crippen LogP contribution is -2.45. The summed E-state index contributed by atoms with van der Waals surface area (Å²) >= 11 is 1.50. The van der Waals surface area contributed by atoms with Crippen molar-refractivity contribution in [1.29, 1.82) is 0 Å². The highest BCUT2D eigenvalue weighted by Gasteiger charge is 2.38. The number of carboxylic acid groups (broad SMARTS) is 1. The first-order chi connectivity index (χ1) is 8.85. The third-order valence-electron chi connectivity index (χ3n) is 3.31. The fourth-order valence-corrected chi connectivity index (χ4v) is 2.56. The Labute approximate surface area is 115 Å². The molecule has 19 heavy (non-hydrogen) atoms. The molecule has 1 atom stereocenters. The normalized spacial score (nSPS) is 20.8. The van der Waals surface area contributed by atoms with Crippen molar-refractivity contribution < 1.29 is 23.5 Å². The summed E-state index contributed by atoms with van der Waals surface area (Å²) in [5, 5.41) is 11.4. The Morgan fingerprint density at radius 1 is 1.42 bits per heavy atom. The van der Waals surface area contributed by atoms with E-state index < -0.39 is 29.8 Å². The van der Waals surface area contributed by atoms with Crippen LogP contribution in [0.2, 0.25) is 0 Å². The number of nitrogens with one attached hydrogen (secondary N) is 1. The number of carbonyl (C=O) groups is 2. The highest BCUT2D eigenvalue weighted by atomic mass is 32.2. The Morgan fingerprint density at radius 2 is 2.00 bits per heavy atom. The number of carbonyl (C=O) groups excluding carboxylic acids is 1. The molecule has 0 bridgehead atoms. The van der Waals surface area contributed by atoms with E-state index in [0.29, 0.717) is 12.2 Å². The summed E-state index contributed by atoms with van der Waals surface area (Å²) in [6.45, 7) is 0. The molecule has 4 nitrogen and oxygen atoms in total. The number of hydrogen-bond acceptors (Lipinski definition) is 3. The maximum Gasteiger partial charge on any atom is 0.326 e. The standard InChI is InChI=1S/C12H19F2NO3S/c1-19-7-4-9(11(17)18)15-10(16)8-2-5-12(13,14)6-3-8/h8-9H,2-7H2,1H3,(H,15,16)(H,17,18). The summed E-state index contributed by atoms with van der Waals surface area (Å²) in [7, 11) is 0. The maximum atomic E-state index is 13.0. The number of hydrogen-bond donors (Lipinski definition) is 2. The molecule has 1 rings (SSSR count). The van der Waals surface area contributed by atoms with Crippen LogP contribution in [0.25, 0.3) is 0 Å². The molecule has 0 aromatic carbocycles. The Bertz CT molecular complexity index is 329. The van der Waals surface area contributed by atoms with Gasteiger partial charge in [-0.1, -0.05) is 0 Å². The van der Waals surface area contributed by atoms with Crippen LogP contribution in [0, 0.1) is 5.92 Å². The van der Waals surface area contributed by atoms with Gasteiger partial charge in [-0.15, -0.1) is 0 Å². The van der Waals surface area contributed by atoms with Crippen LogP contribution in [-0.2, 0) is 9.59 Å². The highest BCUT2D eigenvalue weighted by molar-refractivity contribution is 7.98. The molecule has 1 fully saturated rings. The molecule has 0 saturated heterocycles. The van der Waals surface area contributed by atoms with E-state index in [1.54, 1.807) is 0 Å². The number of halogens is 2. The van der Waals surface area contributed by atoms with Gasteiger partial charge in [-0.3, -0.25) is 4.79 Å². The zero-order valence-electron chi connectivity index (χ0n) is 10.8. The van der Waals surface area contributed by atoms with Gasteiger partial charge >= 0.3 is 5.97 Å². The zero-order valence-corrected chi connectivity index (χ0v) is 11.6. The van der Waals surface area contributed by atoms with E-state index in [2.05, 4.69) is 5.32 Å². The van der Waals surface area contributed by atoms with E-state index in [1.165, 1.54) is 11.8 Å². The van der Waals surface area contributed by atoms with Gasteiger partial charge in [0.1, 0.15) is 6.04 Å². The third kappa shape index (κ3) is 5.34. The molecule has 110 valence electrons.